The van der Waals surface area contributed by atoms with Gasteiger partial charge in [0.05, 0.1) is 18.7 Å². The van der Waals surface area contributed by atoms with Gasteiger partial charge >= 0.3 is 5.97 Å². The predicted molar refractivity (Wildman–Crippen MR) is 129 cm³/mol. The van der Waals surface area contributed by atoms with E-state index in [1.165, 1.54) is 28.2 Å². The Kier molecular flexibility index (Phi) is 6.22. The van der Waals surface area contributed by atoms with Crippen LogP contribution < -0.4 is 11.1 Å². The second-order valence-corrected chi connectivity index (χ2v) is 11.3. The SMILES string of the molecule is CCOC(=O)Cc1cnc(NC(=O)c2sc3nc4c(cc3c2N)C[C@H](C(C)(C)C)CC4)s1. The molecule has 0 unspecified atom stereocenters. The maximum absolute atomic E-state index is 12.9. The number of hydrogen-bond acceptors (Lipinski definition) is 8. The average Bonchev–Trinajstić information content (AvgIpc) is 3.29. The van der Waals surface area contributed by atoms with E-state index in [1.54, 1.807) is 13.1 Å². The van der Waals surface area contributed by atoms with Crippen molar-refractivity contribution in [2.75, 3.05) is 17.7 Å². The lowest BCUT2D eigenvalue weighted by atomic mass is 9.71. The summed E-state index contributed by atoms with van der Waals surface area (Å²) in [5.41, 5.74) is 9.45. The fourth-order valence-corrected chi connectivity index (χ4v) is 5.84. The summed E-state index contributed by atoms with van der Waals surface area (Å²) in [5.74, 6) is -0.0230. The van der Waals surface area contributed by atoms with E-state index < -0.39 is 0 Å². The highest BCUT2D eigenvalue weighted by Crippen LogP contribution is 2.40. The number of thiazole rings is 1. The maximum Gasteiger partial charge on any atom is 0.311 e. The molecule has 3 heterocycles. The summed E-state index contributed by atoms with van der Waals surface area (Å²) in [7, 11) is 0. The molecule has 170 valence electrons. The number of anilines is 2. The summed E-state index contributed by atoms with van der Waals surface area (Å²) in [6, 6.07) is 2.12. The largest absolute Gasteiger partial charge is 0.466 e. The van der Waals surface area contributed by atoms with Crippen LogP contribution in [0.1, 0.15) is 59.9 Å². The zero-order valence-electron chi connectivity index (χ0n) is 18.8. The minimum Gasteiger partial charge on any atom is -0.466 e. The van der Waals surface area contributed by atoms with Crippen LogP contribution in [-0.4, -0.2) is 28.5 Å². The Morgan fingerprint density at radius 2 is 2.09 bits per heavy atom. The highest BCUT2D eigenvalue weighted by atomic mass is 32.1. The molecule has 4 rings (SSSR count). The van der Waals surface area contributed by atoms with Crippen LogP contribution in [-0.2, 0) is 28.8 Å². The molecule has 1 aliphatic carbocycles. The summed E-state index contributed by atoms with van der Waals surface area (Å²) >= 11 is 2.56. The zero-order chi connectivity index (χ0) is 23.0. The molecular formula is C23H28N4O3S2. The molecule has 3 aromatic heterocycles. The normalized spacial score (nSPS) is 16.1. The van der Waals surface area contributed by atoms with Crippen molar-refractivity contribution in [3.05, 3.63) is 33.3 Å². The first-order valence-corrected chi connectivity index (χ1v) is 12.4. The van der Waals surface area contributed by atoms with Crippen molar-refractivity contribution in [1.82, 2.24) is 9.97 Å². The molecule has 0 spiro atoms. The molecule has 0 fully saturated rings. The van der Waals surface area contributed by atoms with Crippen molar-refractivity contribution < 1.29 is 14.3 Å². The number of hydrogen-bond donors (Lipinski definition) is 2. The third-order valence-corrected chi connectivity index (χ3v) is 7.94. The van der Waals surface area contributed by atoms with Crippen molar-refractivity contribution in [3.63, 3.8) is 0 Å². The lowest BCUT2D eigenvalue weighted by Crippen LogP contribution is -2.27. The first-order chi connectivity index (χ1) is 15.2. The molecule has 1 aliphatic rings. The number of fused-ring (bicyclic) bond motifs is 2. The van der Waals surface area contributed by atoms with Crippen LogP contribution in [0.3, 0.4) is 0 Å². The van der Waals surface area contributed by atoms with Crippen LogP contribution in [0.25, 0.3) is 10.2 Å². The van der Waals surface area contributed by atoms with Gasteiger partial charge < -0.3 is 10.5 Å². The van der Waals surface area contributed by atoms with Gasteiger partial charge in [0.25, 0.3) is 5.91 Å². The van der Waals surface area contributed by atoms with Crippen LogP contribution in [0.4, 0.5) is 10.8 Å². The number of carbonyl (C=O) groups is 2. The van der Waals surface area contributed by atoms with E-state index in [4.69, 9.17) is 15.5 Å². The molecule has 0 saturated heterocycles. The molecule has 3 aromatic rings. The molecule has 7 nitrogen and oxygen atoms in total. The van der Waals surface area contributed by atoms with Crippen molar-refractivity contribution in [2.45, 2.75) is 53.4 Å². The van der Waals surface area contributed by atoms with Gasteiger partial charge in [0.1, 0.15) is 9.71 Å². The number of aromatic nitrogens is 2. The number of carbonyl (C=O) groups excluding carboxylic acids is 2. The van der Waals surface area contributed by atoms with E-state index in [9.17, 15) is 9.59 Å². The Labute approximate surface area is 195 Å². The summed E-state index contributed by atoms with van der Waals surface area (Å²) in [6.07, 6.45) is 4.78. The van der Waals surface area contributed by atoms with Crippen LogP contribution in [0.2, 0.25) is 0 Å². The fraction of sp³-hybridized carbons (Fsp3) is 0.478. The Morgan fingerprint density at radius 1 is 1.31 bits per heavy atom. The second kappa shape index (κ2) is 8.78. The van der Waals surface area contributed by atoms with Crippen LogP contribution >= 0.6 is 22.7 Å². The number of nitrogen functional groups attached to an aromatic ring is 1. The van der Waals surface area contributed by atoms with Gasteiger partial charge in [-0.25, -0.2) is 9.97 Å². The maximum atomic E-state index is 12.9. The van der Waals surface area contributed by atoms with Gasteiger partial charge in [-0.3, -0.25) is 14.9 Å². The Balaban J connectivity index is 1.54. The van der Waals surface area contributed by atoms with Gasteiger partial charge in [-0.1, -0.05) is 20.8 Å². The lowest BCUT2D eigenvalue weighted by Gasteiger charge is -2.34. The predicted octanol–water partition coefficient (Wildman–Crippen LogP) is 4.84. The van der Waals surface area contributed by atoms with E-state index in [0.29, 0.717) is 28.2 Å². The quantitative estimate of drug-likeness (QED) is 0.514. The molecule has 1 atom stereocenters. The van der Waals surface area contributed by atoms with Crippen molar-refractivity contribution in [1.29, 1.82) is 0 Å². The molecule has 0 radical (unpaired) electrons. The van der Waals surface area contributed by atoms with E-state index in [0.717, 1.165) is 40.1 Å². The van der Waals surface area contributed by atoms with Gasteiger partial charge in [-0.2, -0.15) is 0 Å². The van der Waals surface area contributed by atoms with Crippen molar-refractivity contribution >= 4 is 55.6 Å². The first kappa shape index (κ1) is 22.7. The molecule has 0 bridgehead atoms. The Hall–Kier alpha value is -2.52. The molecule has 0 aromatic carbocycles. The van der Waals surface area contributed by atoms with Crippen molar-refractivity contribution in [2.24, 2.45) is 11.3 Å². The van der Waals surface area contributed by atoms with Gasteiger partial charge in [-0.05, 0) is 49.1 Å². The summed E-state index contributed by atoms with van der Waals surface area (Å²) in [5, 5.41) is 4.07. The van der Waals surface area contributed by atoms with Gasteiger partial charge in [0.15, 0.2) is 5.13 Å². The van der Waals surface area contributed by atoms with Gasteiger partial charge in [-0.15, -0.1) is 22.7 Å². The summed E-state index contributed by atoms with van der Waals surface area (Å²) in [6.45, 7) is 8.95. The monoisotopic (exact) mass is 472 g/mol. The third-order valence-electron chi connectivity index (χ3n) is 5.91. The standard InChI is InChI=1S/C23H28N4O3S2/c1-5-30-17(28)10-14-11-25-22(31-14)27-20(29)19-18(24)15-9-12-8-13(23(2,3)4)6-7-16(12)26-21(15)32-19/h9,11,13H,5-8,10,24H2,1-4H3,(H,25,27,29)/t13-/m1/s1. The van der Waals surface area contributed by atoms with E-state index in [1.807, 2.05) is 0 Å². The number of rotatable bonds is 5. The number of amides is 1. The van der Waals surface area contributed by atoms with Gasteiger partial charge in [0, 0.05) is 22.2 Å². The molecule has 0 aliphatic heterocycles. The summed E-state index contributed by atoms with van der Waals surface area (Å²) in [4.78, 5) is 35.6. The number of thiophene rings is 1. The number of nitrogens with one attached hydrogen (secondary N) is 1. The topological polar surface area (TPSA) is 107 Å². The average molecular weight is 473 g/mol. The minimum absolute atomic E-state index is 0.136. The molecular weight excluding hydrogens is 444 g/mol. The highest BCUT2D eigenvalue weighted by molar-refractivity contribution is 7.21. The number of esters is 1. The van der Waals surface area contributed by atoms with Gasteiger partial charge in [0.2, 0.25) is 0 Å². The van der Waals surface area contributed by atoms with Crippen LogP contribution in [0, 0.1) is 11.3 Å². The molecule has 3 N–H and O–H groups in total. The minimum atomic E-state index is -0.313. The Morgan fingerprint density at radius 3 is 2.81 bits per heavy atom. The number of nitrogens with two attached hydrogens (primary N) is 1. The third kappa shape index (κ3) is 4.63. The number of aryl methyl sites for hydroxylation is 1. The number of pyridine rings is 1. The highest BCUT2D eigenvalue weighted by Gasteiger charge is 2.30. The molecule has 1 amide bonds. The van der Waals surface area contributed by atoms with E-state index in [-0.39, 0.29) is 23.7 Å². The smallest absolute Gasteiger partial charge is 0.311 e. The molecule has 9 heteroatoms. The first-order valence-electron chi connectivity index (χ1n) is 10.8. The fourth-order valence-electron chi connectivity index (χ4n) is 4.05. The van der Waals surface area contributed by atoms with E-state index in [2.05, 4.69) is 37.1 Å². The second-order valence-electron chi connectivity index (χ2n) is 9.17. The lowest BCUT2D eigenvalue weighted by molar-refractivity contribution is -0.142. The van der Waals surface area contributed by atoms with Crippen LogP contribution in [0.5, 0.6) is 0 Å². The summed E-state index contributed by atoms with van der Waals surface area (Å²) < 4.78 is 4.95. The number of nitrogens with zero attached hydrogens (tertiary/aromatic N) is 2. The zero-order valence-corrected chi connectivity index (χ0v) is 20.4. The number of ether oxygens (including phenoxy) is 1. The van der Waals surface area contributed by atoms with E-state index >= 15 is 0 Å². The molecule has 32 heavy (non-hydrogen) atoms. The Bertz CT molecular complexity index is 1180. The van der Waals surface area contributed by atoms with Crippen molar-refractivity contribution in [3.8, 4) is 0 Å². The molecule has 0 saturated carbocycles. The van der Waals surface area contributed by atoms with Crippen LogP contribution in [0.15, 0.2) is 12.3 Å².